The summed E-state index contributed by atoms with van der Waals surface area (Å²) in [4.78, 5) is 5.09. The lowest BCUT2D eigenvalue weighted by atomic mass is 9.85. The summed E-state index contributed by atoms with van der Waals surface area (Å²) in [6, 6.07) is 12.6. The number of hydrogen-bond donors (Lipinski definition) is 0. The number of nitrogens with zero attached hydrogens (tertiary/aromatic N) is 1. The van der Waals surface area contributed by atoms with Crippen molar-refractivity contribution in [3.05, 3.63) is 70.8 Å². The Bertz CT molecular complexity index is 884. The summed E-state index contributed by atoms with van der Waals surface area (Å²) in [7, 11) is 1.60. The van der Waals surface area contributed by atoms with E-state index in [2.05, 4.69) is 64.0 Å². The predicted molar refractivity (Wildman–Crippen MR) is 129 cm³/mol. The molecule has 0 N–H and O–H groups in total. The Balaban J connectivity index is 1.97. The van der Waals surface area contributed by atoms with Crippen molar-refractivity contribution < 1.29 is 14.3 Å². The Kier molecular flexibility index (Phi) is 9.17. The zero-order valence-electron chi connectivity index (χ0n) is 20.1. The van der Waals surface area contributed by atoms with E-state index >= 15 is 0 Å². The van der Waals surface area contributed by atoms with Gasteiger partial charge in [-0.05, 0) is 68.5 Å². The normalized spacial score (nSPS) is 12.3. The Morgan fingerprint density at radius 2 is 1.74 bits per heavy atom. The molecule has 168 valence electrons. The van der Waals surface area contributed by atoms with E-state index in [-0.39, 0.29) is 5.41 Å². The molecule has 0 aliphatic rings. The first kappa shape index (κ1) is 24.5. The van der Waals surface area contributed by atoms with Crippen molar-refractivity contribution in [2.24, 2.45) is 10.6 Å². The summed E-state index contributed by atoms with van der Waals surface area (Å²) in [6.07, 6.45) is 5.87. The molecule has 0 spiro atoms. The summed E-state index contributed by atoms with van der Waals surface area (Å²) < 4.78 is 11.9. The Hall–Kier alpha value is -2.75. The maximum absolute atomic E-state index is 6.13. The van der Waals surface area contributed by atoms with Crippen LogP contribution in [0.4, 0.5) is 0 Å². The molecule has 0 saturated heterocycles. The van der Waals surface area contributed by atoms with Gasteiger partial charge in [0.15, 0.2) is 0 Å². The number of rotatable bonds is 10. The first-order valence-electron chi connectivity index (χ1n) is 10.9. The highest BCUT2D eigenvalue weighted by atomic mass is 16.6. The molecular weight excluding hydrogens is 386 g/mol. The van der Waals surface area contributed by atoms with Crippen molar-refractivity contribution in [1.82, 2.24) is 0 Å². The summed E-state index contributed by atoms with van der Waals surface area (Å²) in [5.74, 6) is 1.83. The average molecular weight is 424 g/mol. The maximum Gasteiger partial charge on any atom is 0.125 e. The molecule has 2 aromatic carbocycles. The van der Waals surface area contributed by atoms with Crippen molar-refractivity contribution >= 4 is 5.71 Å². The lowest BCUT2D eigenvalue weighted by Crippen LogP contribution is -2.22. The van der Waals surface area contributed by atoms with Crippen molar-refractivity contribution in [1.29, 1.82) is 0 Å². The molecule has 0 unspecified atom stereocenters. The second kappa shape index (κ2) is 11.6. The van der Waals surface area contributed by atoms with Crippen LogP contribution in [0.15, 0.2) is 53.7 Å². The molecule has 31 heavy (non-hydrogen) atoms. The zero-order chi connectivity index (χ0) is 22.9. The van der Waals surface area contributed by atoms with E-state index in [1.807, 2.05) is 31.2 Å². The molecule has 0 aliphatic carbocycles. The van der Waals surface area contributed by atoms with Crippen LogP contribution < -0.4 is 9.47 Å². The van der Waals surface area contributed by atoms with Gasteiger partial charge in [0.2, 0.25) is 0 Å². The number of ether oxygens (including phenoxy) is 2. The molecule has 0 aromatic heterocycles. The van der Waals surface area contributed by atoms with Gasteiger partial charge in [-0.25, -0.2) is 0 Å². The van der Waals surface area contributed by atoms with Gasteiger partial charge in [-0.1, -0.05) is 56.3 Å². The molecule has 2 aromatic rings. The van der Waals surface area contributed by atoms with Gasteiger partial charge in [-0.3, -0.25) is 0 Å². The number of aryl methyl sites for hydroxylation is 3. The van der Waals surface area contributed by atoms with Crippen LogP contribution in [0.3, 0.4) is 0 Å². The molecular formula is C27H37NO3. The summed E-state index contributed by atoms with van der Waals surface area (Å²) in [5, 5.41) is 4.27. The van der Waals surface area contributed by atoms with Crippen molar-refractivity contribution in [3.8, 4) is 11.5 Å². The van der Waals surface area contributed by atoms with Gasteiger partial charge in [0.05, 0.1) is 12.3 Å². The van der Waals surface area contributed by atoms with Crippen LogP contribution in [0.1, 0.15) is 56.4 Å². The monoisotopic (exact) mass is 423 g/mol. The Morgan fingerprint density at radius 3 is 2.35 bits per heavy atom. The molecule has 0 fully saturated rings. The van der Waals surface area contributed by atoms with Gasteiger partial charge in [0.25, 0.3) is 0 Å². The number of oxime groups is 1. The van der Waals surface area contributed by atoms with Gasteiger partial charge >= 0.3 is 0 Å². The molecule has 4 heteroatoms. The molecule has 0 bridgehead atoms. The first-order valence-corrected chi connectivity index (χ1v) is 10.9. The van der Waals surface area contributed by atoms with Crippen LogP contribution >= 0.6 is 0 Å². The van der Waals surface area contributed by atoms with Crippen LogP contribution in [0.2, 0.25) is 0 Å². The summed E-state index contributed by atoms with van der Waals surface area (Å²) in [6.45, 7) is 13.8. The third-order valence-corrected chi connectivity index (χ3v) is 4.97. The SMILES string of the molecule is C/C=C/COc1cc(C)c(OCCCc2cccc(C(=NOC)C(C)(C)C)c2)c(C)c1. The van der Waals surface area contributed by atoms with Crippen LogP contribution in [0, 0.1) is 19.3 Å². The lowest BCUT2D eigenvalue weighted by molar-refractivity contribution is 0.209. The van der Waals surface area contributed by atoms with Gasteiger partial charge in [-0.2, -0.15) is 0 Å². The standard InChI is InChI=1S/C27H37NO3/c1-8-9-15-30-24-17-20(2)25(21(3)18-24)31-16-11-13-22-12-10-14-23(19-22)26(28-29-7)27(4,5)6/h8-10,12,14,17-19H,11,13,15-16H2,1-7H3/b9-8+,28-26?. The molecule has 0 aliphatic heterocycles. The van der Waals surface area contributed by atoms with Crippen LogP contribution in [-0.4, -0.2) is 26.0 Å². The molecule has 4 nitrogen and oxygen atoms in total. The Morgan fingerprint density at radius 1 is 1.03 bits per heavy atom. The average Bonchev–Trinajstić information content (AvgIpc) is 2.70. The van der Waals surface area contributed by atoms with E-state index < -0.39 is 0 Å². The largest absolute Gasteiger partial charge is 0.493 e. The molecule has 0 heterocycles. The fraction of sp³-hybridized carbons (Fsp3) is 0.444. The molecule has 0 radical (unpaired) electrons. The third kappa shape index (κ3) is 7.46. The lowest BCUT2D eigenvalue weighted by Gasteiger charge is -2.21. The summed E-state index contributed by atoms with van der Waals surface area (Å²) in [5.41, 5.74) is 5.45. The highest BCUT2D eigenvalue weighted by molar-refractivity contribution is 6.03. The van der Waals surface area contributed by atoms with Crippen LogP contribution in [-0.2, 0) is 11.3 Å². The van der Waals surface area contributed by atoms with Crippen molar-refractivity contribution in [2.45, 2.75) is 54.4 Å². The minimum absolute atomic E-state index is 0.0878. The quantitative estimate of drug-likeness (QED) is 0.185. The molecule has 0 amide bonds. The van der Waals surface area contributed by atoms with Gasteiger partial charge in [0, 0.05) is 11.0 Å². The Labute approximate surface area is 187 Å². The van der Waals surface area contributed by atoms with Crippen molar-refractivity contribution in [2.75, 3.05) is 20.3 Å². The fourth-order valence-electron chi connectivity index (χ4n) is 3.50. The molecule has 2 rings (SSSR count). The number of allylic oxidation sites excluding steroid dienone is 1. The van der Waals surface area contributed by atoms with E-state index in [1.54, 1.807) is 7.11 Å². The second-order valence-corrected chi connectivity index (χ2v) is 8.79. The van der Waals surface area contributed by atoms with Gasteiger partial charge < -0.3 is 14.3 Å². The third-order valence-electron chi connectivity index (χ3n) is 4.97. The van der Waals surface area contributed by atoms with Crippen LogP contribution in [0.5, 0.6) is 11.5 Å². The zero-order valence-corrected chi connectivity index (χ0v) is 20.1. The molecule has 0 atom stereocenters. The first-order chi connectivity index (χ1) is 14.8. The number of hydrogen-bond acceptors (Lipinski definition) is 4. The van der Waals surface area contributed by atoms with Gasteiger partial charge in [-0.15, -0.1) is 0 Å². The van der Waals surface area contributed by atoms with E-state index in [9.17, 15) is 0 Å². The maximum atomic E-state index is 6.13. The van der Waals surface area contributed by atoms with E-state index in [4.69, 9.17) is 14.3 Å². The van der Waals surface area contributed by atoms with Crippen molar-refractivity contribution in [3.63, 3.8) is 0 Å². The smallest absolute Gasteiger partial charge is 0.125 e. The predicted octanol–water partition coefficient (Wildman–Crippen LogP) is 6.67. The van der Waals surface area contributed by atoms with Gasteiger partial charge in [0.1, 0.15) is 25.2 Å². The highest BCUT2D eigenvalue weighted by Gasteiger charge is 2.22. The molecule has 0 saturated carbocycles. The topological polar surface area (TPSA) is 40.0 Å². The van der Waals surface area contributed by atoms with Crippen LogP contribution in [0.25, 0.3) is 0 Å². The van der Waals surface area contributed by atoms with E-state index in [1.165, 1.54) is 5.56 Å². The minimum atomic E-state index is -0.0878. The second-order valence-electron chi connectivity index (χ2n) is 8.79. The summed E-state index contributed by atoms with van der Waals surface area (Å²) >= 11 is 0. The number of benzene rings is 2. The minimum Gasteiger partial charge on any atom is -0.493 e. The van der Waals surface area contributed by atoms with E-state index in [0.717, 1.165) is 46.7 Å². The fourth-order valence-corrected chi connectivity index (χ4v) is 3.50. The van der Waals surface area contributed by atoms with E-state index in [0.29, 0.717) is 13.2 Å². The highest BCUT2D eigenvalue weighted by Crippen LogP contribution is 2.29.